The lowest BCUT2D eigenvalue weighted by atomic mass is 10.1. The summed E-state index contributed by atoms with van der Waals surface area (Å²) >= 11 is 12.0. The normalized spacial score (nSPS) is 10.4. The molecule has 4 rings (SSSR count). The Kier molecular flexibility index (Phi) is 10.8. The first-order valence-corrected chi connectivity index (χ1v) is 14.5. The van der Waals surface area contributed by atoms with Crippen molar-refractivity contribution in [3.63, 3.8) is 0 Å². The van der Waals surface area contributed by atoms with Crippen LogP contribution in [0.4, 0.5) is 10.8 Å². The molecule has 236 valence electrons. The first-order valence-electron chi connectivity index (χ1n) is 12.9. The summed E-state index contributed by atoms with van der Waals surface area (Å²) in [6.45, 7) is 0. The van der Waals surface area contributed by atoms with Crippen LogP contribution in [0.2, 0.25) is 0 Å². The van der Waals surface area contributed by atoms with Crippen molar-refractivity contribution in [3.05, 3.63) is 53.6 Å². The standard InChI is InChI=1S/C29H29N5O8S3/c1-37-18-9-14(10-19(38-2)23(18)41-5)25(35)32-27(43)30-16-7-8-17-22(13-16)45-29(31-17)34-28(44)33-26(36)15-11-20(39-3)24(42-6)21(12-15)40-4/h7-13H,1-6H3,(H2,30,32,35,43)(H2,31,33,34,36,44). The molecule has 0 unspecified atom stereocenters. The number of thiazole rings is 1. The number of carbonyl (C=O) groups is 2. The molecule has 0 aliphatic rings. The van der Waals surface area contributed by atoms with Gasteiger partial charge in [0.05, 0.1) is 52.9 Å². The van der Waals surface area contributed by atoms with Gasteiger partial charge in [-0.2, -0.15) is 0 Å². The Balaban J connectivity index is 1.40. The Hall–Kier alpha value is -4.93. The highest BCUT2D eigenvalue weighted by molar-refractivity contribution is 7.80. The SMILES string of the molecule is COc1cc(C(=O)NC(=S)Nc2ccc3nc(NC(=S)NC(=O)c4cc(OC)c(OC)c(OC)c4)sc3c2)cc(OC)c1OC. The summed E-state index contributed by atoms with van der Waals surface area (Å²) in [4.78, 5) is 30.3. The zero-order valence-corrected chi connectivity index (χ0v) is 27.4. The van der Waals surface area contributed by atoms with Crippen LogP contribution < -0.4 is 49.7 Å². The number of nitrogens with zero attached hydrogens (tertiary/aromatic N) is 1. The number of fused-ring (bicyclic) bond motifs is 1. The molecule has 0 aliphatic heterocycles. The van der Waals surface area contributed by atoms with Crippen molar-refractivity contribution < 1.29 is 38.0 Å². The Bertz CT molecular complexity index is 1640. The number of carbonyl (C=O) groups excluding carboxylic acids is 2. The third kappa shape index (κ3) is 7.60. The lowest BCUT2D eigenvalue weighted by molar-refractivity contribution is 0.0968. The highest BCUT2D eigenvalue weighted by atomic mass is 32.1. The molecular weight excluding hydrogens is 643 g/mol. The number of thiocarbonyl (C=S) groups is 2. The van der Waals surface area contributed by atoms with Gasteiger partial charge in [-0.1, -0.05) is 11.3 Å². The average Bonchev–Trinajstić information content (AvgIpc) is 3.43. The van der Waals surface area contributed by atoms with E-state index in [1.165, 1.54) is 78.3 Å². The van der Waals surface area contributed by atoms with Crippen LogP contribution in [-0.4, -0.2) is 69.7 Å². The molecule has 0 spiro atoms. The van der Waals surface area contributed by atoms with E-state index in [2.05, 4.69) is 26.3 Å². The lowest BCUT2D eigenvalue weighted by Crippen LogP contribution is -2.34. The van der Waals surface area contributed by atoms with Gasteiger partial charge in [0.1, 0.15) is 0 Å². The van der Waals surface area contributed by atoms with Crippen molar-refractivity contribution in [2.24, 2.45) is 0 Å². The molecular formula is C29H29N5O8S3. The van der Waals surface area contributed by atoms with E-state index in [1.807, 2.05) is 6.07 Å². The molecule has 13 nitrogen and oxygen atoms in total. The number of aromatic nitrogens is 1. The molecule has 2 amide bonds. The summed E-state index contributed by atoms with van der Waals surface area (Å²) in [6, 6.07) is 11.4. The molecule has 0 fully saturated rings. The molecule has 45 heavy (non-hydrogen) atoms. The number of rotatable bonds is 10. The van der Waals surface area contributed by atoms with Gasteiger partial charge in [0.25, 0.3) is 11.8 Å². The number of ether oxygens (including phenoxy) is 6. The number of amides is 2. The predicted octanol–water partition coefficient (Wildman–Crippen LogP) is 4.60. The number of hydrogen-bond acceptors (Lipinski definition) is 12. The largest absolute Gasteiger partial charge is 0.493 e. The maximum atomic E-state index is 12.9. The molecule has 4 N–H and O–H groups in total. The molecule has 0 saturated heterocycles. The highest BCUT2D eigenvalue weighted by Crippen LogP contribution is 2.39. The van der Waals surface area contributed by atoms with Gasteiger partial charge in [0.15, 0.2) is 38.4 Å². The second kappa shape index (κ2) is 14.7. The molecule has 0 atom stereocenters. The third-order valence-electron chi connectivity index (χ3n) is 6.17. The first-order chi connectivity index (χ1) is 21.6. The number of hydrogen-bond donors (Lipinski definition) is 4. The number of benzene rings is 3. The third-order valence-corrected chi connectivity index (χ3v) is 7.52. The minimum absolute atomic E-state index is 0.0434. The van der Waals surface area contributed by atoms with Crippen LogP contribution in [0.25, 0.3) is 10.2 Å². The fourth-order valence-corrected chi connectivity index (χ4v) is 5.50. The molecule has 1 aromatic heterocycles. The minimum Gasteiger partial charge on any atom is -0.493 e. The van der Waals surface area contributed by atoms with Crippen molar-refractivity contribution in [2.45, 2.75) is 0 Å². The minimum atomic E-state index is -0.485. The molecule has 0 saturated carbocycles. The van der Waals surface area contributed by atoms with Gasteiger partial charge in [-0.15, -0.1) is 0 Å². The van der Waals surface area contributed by atoms with Crippen LogP contribution in [0.3, 0.4) is 0 Å². The Morgan fingerprint density at radius 1 is 0.644 bits per heavy atom. The molecule has 0 aliphatic carbocycles. The monoisotopic (exact) mass is 671 g/mol. The van der Waals surface area contributed by atoms with E-state index < -0.39 is 11.8 Å². The molecule has 4 aromatic rings. The van der Waals surface area contributed by atoms with Gasteiger partial charge in [0.2, 0.25) is 11.5 Å². The van der Waals surface area contributed by atoms with Gasteiger partial charge >= 0.3 is 0 Å². The quantitative estimate of drug-likeness (QED) is 0.174. The van der Waals surface area contributed by atoms with Crippen molar-refractivity contribution in [1.82, 2.24) is 15.6 Å². The summed E-state index contributed by atoms with van der Waals surface area (Å²) in [6.07, 6.45) is 0. The van der Waals surface area contributed by atoms with Crippen molar-refractivity contribution in [2.75, 3.05) is 53.3 Å². The summed E-state index contributed by atoms with van der Waals surface area (Å²) in [5.74, 6) is 1.10. The number of anilines is 2. The fourth-order valence-electron chi connectivity index (χ4n) is 4.12. The molecule has 1 heterocycles. The fraction of sp³-hybridized carbons (Fsp3) is 0.207. The smallest absolute Gasteiger partial charge is 0.257 e. The van der Waals surface area contributed by atoms with Gasteiger partial charge in [-0.25, -0.2) is 4.98 Å². The van der Waals surface area contributed by atoms with Crippen LogP contribution in [-0.2, 0) is 0 Å². The average molecular weight is 672 g/mol. The van der Waals surface area contributed by atoms with Gasteiger partial charge in [0, 0.05) is 16.8 Å². The van der Waals surface area contributed by atoms with E-state index in [9.17, 15) is 9.59 Å². The van der Waals surface area contributed by atoms with Crippen LogP contribution >= 0.6 is 35.8 Å². The second-order valence-corrected chi connectivity index (χ2v) is 10.7. The van der Waals surface area contributed by atoms with E-state index in [-0.39, 0.29) is 21.4 Å². The van der Waals surface area contributed by atoms with E-state index in [0.717, 1.165) is 4.70 Å². The first kappa shape index (κ1) is 33.0. The van der Waals surface area contributed by atoms with Crippen LogP contribution in [0, 0.1) is 0 Å². The van der Waals surface area contributed by atoms with E-state index in [1.54, 1.807) is 12.1 Å². The van der Waals surface area contributed by atoms with Crippen molar-refractivity contribution in [1.29, 1.82) is 0 Å². The molecule has 0 radical (unpaired) electrons. The van der Waals surface area contributed by atoms with E-state index in [0.29, 0.717) is 50.8 Å². The Morgan fingerprint density at radius 3 is 1.51 bits per heavy atom. The second-order valence-electron chi connectivity index (χ2n) is 8.85. The molecule has 3 aromatic carbocycles. The van der Waals surface area contributed by atoms with Crippen molar-refractivity contribution >= 4 is 78.8 Å². The number of methoxy groups -OCH3 is 6. The lowest BCUT2D eigenvalue weighted by Gasteiger charge is -2.14. The van der Waals surface area contributed by atoms with Gasteiger partial charge in [-0.05, 0) is 66.9 Å². The molecule has 0 bridgehead atoms. The van der Waals surface area contributed by atoms with Crippen LogP contribution in [0.5, 0.6) is 34.5 Å². The van der Waals surface area contributed by atoms with Gasteiger partial charge < -0.3 is 39.1 Å². The highest BCUT2D eigenvalue weighted by Gasteiger charge is 2.19. The predicted molar refractivity (Wildman–Crippen MR) is 179 cm³/mol. The maximum absolute atomic E-state index is 12.9. The zero-order valence-electron chi connectivity index (χ0n) is 25.0. The zero-order chi connectivity index (χ0) is 32.7. The van der Waals surface area contributed by atoms with Crippen molar-refractivity contribution in [3.8, 4) is 34.5 Å². The number of nitrogens with one attached hydrogen (secondary N) is 4. The van der Waals surface area contributed by atoms with Crippen LogP contribution in [0.1, 0.15) is 20.7 Å². The van der Waals surface area contributed by atoms with Gasteiger partial charge in [-0.3, -0.25) is 20.2 Å². The van der Waals surface area contributed by atoms with Crippen LogP contribution in [0.15, 0.2) is 42.5 Å². The topological polar surface area (TPSA) is 151 Å². The van der Waals surface area contributed by atoms with E-state index >= 15 is 0 Å². The Morgan fingerprint density at radius 2 is 1.09 bits per heavy atom. The summed E-state index contributed by atoms with van der Waals surface area (Å²) in [7, 11) is 8.79. The summed E-state index contributed by atoms with van der Waals surface area (Å²) < 4.78 is 32.7. The summed E-state index contributed by atoms with van der Waals surface area (Å²) in [5.41, 5.74) is 1.81. The molecule has 16 heteroatoms. The summed E-state index contributed by atoms with van der Waals surface area (Å²) in [5, 5.41) is 11.8. The van der Waals surface area contributed by atoms with E-state index in [4.69, 9.17) is 52.9 Å². The maximum Gasteiger partial charge on any atom is 0.257 e. The Labute approximate surface area is 273 Å².